The molecule has 0 aromatic heterocycles. The van der Waals surface area contributed by atoms with Gasteiger partial charge in [-0.2, -0.15) is 13.2 Å². The fourth-order valence-electron chi connectivity index (χ4n) is 2.31. The Morgan fingerprint density at radius 1 is 1.23 bits per heavy atom. The maximum absolute atomic E-state index is 12.8. The standard InChI is InChI=1S/C18H14ClF3N2O7/c1-29-8-14(23-30-9-17(25)26)12-7-11(3-4-15(12)24(27)28)31-16-5-2-10(6-13(16)19)18(20,21)22/h2-7H,8-9H2,1H3,(H,25,26)/b23-14+. The molecule has 0 saturated heterocycles. The fourth-order valence-corrected chi connectivity index (χ4v) is 2.53. The van der Waals surface area contributed by atoms with Crippen LogP contribution in [0.25, 0.3) is 0 Å². The second-order valence-electron chi connectivity index (χ2n) is 5.82. The summed E-state index contributed by atoms with van der Waals surface area (Å²) in [5.74, 6) is -1.45. The molecule has 0 heterocycles. The molecule has 0 bridgehead atoms. The number of oxime groups is 1. The lowest BCUT2D eigenvalue weighted by atomic mass is 10.1. The van der Waals surface area contributed by atoms with Crippen LogP contribution in [-0.2, 0) is 20.5 Å². The molecule has 0 amide bonds. The van der Waals surface area contributed by atoms with Gasteiger partial charge in [-0.3, -0.25) is 10.1 Å². The van der Waals surface area contributed by atoms with Gasteiger partial charge in [0.2, 0.25) is 6.61 Å². The number of halogens is 4. The Labute approximate surface area is 177 Å². The third kappa shape index (κ3) is 6.55. The summed E-state index contributed by atoms with van der Waals surface area (Å²) in [5, 5.41) is 23.3. The highest BCUT2D eigenvalue weighted by Crippen LogP contribution is 2.37. The van der Waals surface area contributed by atoms with Crippen LogP contribution in [-0.4, -0.2) is 42.0 Å². The highest BCUT2D eigenvalue weighted by Gasteiger charge is 2.31. The summed E-state index contributed by atoms with van der Waals surface area (Å²) in [7, 11) is 1.28. The number of nitro groups is 1. The number of carboxylic acid groups (broad SMARTS) is 1. The number of ether oxygens (including phenoxy) is 2. The fraction of sp³-hybridized carbons (Fsp3) is 0.222. The molecule has 1 N–H and O–H groups in total. The molecule has 2 aromatic rings. The minimum Gasteiger partial charge on any atom is -0.479 e. The van der Waals surface area contributed by atoms with Crippen molar-refractivity contribution in [1.82, 2.24) is 0 Å². The molecule has 0 saturated carbocycles. The van der Waals surface area contributed by atoms with E-state index < -0.39 is 34.9 Å². The Morgan fingerprint density at radius 2 is 1.94 bits per heavy atom. The van der Waals surface area contributed by atoms with E-state index in [9.17, 15) is 28.1 Å². The molecule has 0 unspecified atom stereocenters. The average Bonchev–Trinajstić information content (AvgIpc) is 2.67. The summed E-state index contributed by atoms with van der Waals surface area (Å²) < 4.78 is 48.7. The van der Waals surface area contributed by atoms with Crippen molar-refractivity contribution in [3.8, 4) is 11.5 Å². The zero-order valence-corrected chi connectivity index (χ0v) is 16.4. The number of nitrogens with zero attached hydrogens (tertiary/aromatic N) is 2. The van der Waals surface area contributed by atoms with E-state index >= 15 is 0 Å². The van der Waals surface area contributed by atoms with Gasteiger partial charge in [0.25, 0.3) is 5.69 Å². The Bertz CT molecular complexity index is 1010. The van der Waals surface area contributed by atoms with E-state index in [0.29, 0.717) is 6.07 Å². The number of alkyl halides is 3. The van der Waals surface area contributed by atoms with Gasteiger partial charge in [-0.25, -0.2) is 4.79 Å². The predicted octanol–water partition coefficient (Wildman–Crippen LogP) is 4.51. The lowest BCUT2D eigenvalue weighted by Crippen LogP contribution is -2.14. The van der Waals surface area contributed by atoms with Crippen molar-refractivity contribution in [3.05, 3.63) is 62.7 Å². The van der Waals surface area contributed by atoms with Crippen molar-refractivity contribution < 1.29 is 42.3 Å². The van der Waals surface area contributed by atoms with E-state index in [0.717, 1.165) is 18.2 Å². The van der Waals surface area contributed by atoms with Crippen molar-refractivity contribution >= 4 is 29.0 Å². The van der Waals surface area contributed by atoms with Crippen LogP contribution in [0.2, 0.25) is 5.02 Å². The van der Waals surface area contributed by atoms with Crippen LogP contribution in [0.4, 0.5) is 18.9 Å². The first-order valence-electron chi connectivity index (χ1n) is 8.26. The molecule has 0 aliphatic rings. The smallest absolute Gasteiger partial charge is 0.416 e. The minimum atomic E-state index is -4.59. The molecule has 9 nitrogen and oxygen atoms in total. The summed E-state index contributed by atoms with van der Waals surface area (Å²) in [4.78, 5) is 25.9. The zero-order valence-electron chi connectivity index (χ0n) is 15.7. The molecule has 166 valence electrons. The molecule has 0 aliphatic carbocycles. The van der Waals surface area contributed by atoms with Gasteiger partial charge in [0.05, 0.1) is 27.7 Å². The average molecular weight is 463 g/mol. The topological polar surface area (TPSA) is 120 Å². The summed E-state index contributed by atoms with van der Waals surface area (Å²) in [6.07, 6.45) is -4.59. The molecule has 0 aliphatic heterocycles. The number of carbonyl (C=O) groups is 1. The summed E-state index contributed by atoms with van der Waals surface area (Å²) >= 11 is 5.86. The number of nitro benzene ring substituents is 1. The molecular weight excluding hydrogens is 449 g/mol. The van der Waals surface area contributed by atoms with Crippen LogP contribution >= 0.6 is 11.6 Å². The van der Waals surface area contributed by atoms with E-state index in [-0.39, 0.29) is 34.4 Å². The summed E-state index contributed by atoms with van der Waals surface area (Å²) in [6.45, 7) is -1.07. The van der Waals surface area contributed by atoms with E-state index in [2.05, 4.69) is 9.99 Å². The van der Waals surface area contributed by atoms with E-state index in [1.165, 1.54) is 19.2 Å². The molecular formula is C18H14ClF3N2O7. The van der Waals surface area contributed by atoms with E-state index in [1.54, 1.807) is 0 Å². The minimum absolute atomic E-state index is 0.00991. The van der Waals surface area contributed by atoms with Crippen LogP contribution in [0, 0.1) is 10.1 Å². The Kier molecular flexibility index (Phi) is 7.78. The van der Waals surface area contributed by atoms with Crippen LogP contribution < -0.4 is 4.74 Å². The van der Waals surface area contributed by atoms with Gasteiger partial charge in [-0.1, -0.05) is 16.8 Å². The number of hydrogen-bond donors (Lipinski definition) is 1. The highest BCUT2D eigenvalue weighted by molar-refractivity contribution is 6.32. The Morgan fingerprint density at radius 3 is 2.48 bits per heavy atom. The van der Waals surface area contributed by atoms with Gasteiger partial charge in [-0.15, -0.1) is 0 Å². The maximum atomic E-state index is 12.8. The van der Waals surface area contributed by atoms with Gasteiger partial charge < -0.3 is 19.4 Å². The molecule has 0 fully saturated rings. The normalized spacial score (nSPS) is 11.8. The summed E-state index contributed by atoms with van der Waals surface area (Å²) in [5.41, 5.74) is -1.61. The van der Waals surface area contributed by atoms with Crippen LogP contribution in [0.1, 0.15) is 11.1 Å². The molecule has 0 atom stereocenters. The van der Waals surface area contributed by atoms with Crippen LogP contribution in [0.3, 0.4) is 0 Å². The number of hydrogen-bond acceptors (Lipinski definition) is 7. The maximum Gasteiger partial charge on any atom is 0.416 e. The molecule has 0 radical (unpaired) electrons. The number of carboxylic acids is 1. The van der Waals surface area contributed by atoms with Crippen molar-refractivity contribution in [3.63, 3.8) is 0 Å². The number of aliphatic carboxylic acids is 1. The van der Waals surface area contributed by atoms with Crippen LogP contribution in [0.5, 0.6) is 11.5 Å². The largest absolute Gasteiger partial charge is 0.479 e. The molecule has 0 spiro atoms. The third-order valence-corrected chi connectivity index (χ3v) is 3.90. The predicted molar refractivity (Wildman–Crippen MR) is 102 cm³/mol. The first kappa shape index (κ1) is 23.9. The van der Waals surface area contributed by atoms with Gasteiger partial charge in [0, 0.05) is 13.2 Å². The van der Waals surface area contributed by atoms with E-state index in [1.807, 2.05) is 0 Å². The molecule has 2 aromatic carbocycles. The SMILES string of the molecule is COC/C(=N\OCC(=O)O)c1cc(Oc2ccc(C(F)(F)F)cc2Cl)ccc1[N+](=O)[O-]. The lowest BCUT2D eigenvalue weighted by molar-refractivity contribution is -0.385. The Balaban J connectivity index is 2.43. The number of rotatable bonds is 9. The molecule has 13 heteroatoms. The number of methoxy groups -OCH3 is 1. The van der Waals surface area contributed by atoms with Crippen molar-refractivity contribution in [2.45, 2.75) is 6.18 Å². The van der Waals surface area contributed by atoms with Crippen molar-refractivity contribution in [1.29, 1.82) is 0 Å². The van der Waals surface area contributed by atoms with Crippen LogP contribution in [0.15, 0.2) is 41.6 Å². The monoisotopic (exact) mass is 462 g/mol. The second kappa shape index (κ2) is 10.1. The highest BCUT2D eigenvalue weighted by atomic mass is 35.5. The molecule has 31 heavy (non-hydrogen) atoms. The van der Waals surface area contributed by atoms with E-state index in [4.69, 9.17) is 26.2 Å². The zero-order chi connectivity index (χ0) is 23.2. The van der Waals surface area contributed by atoms with Crippen molar-refractivity contribution in [2.75, 3.05) is 20.3 Å². The lowest BCUT2D eigenvalue weighted by Gasteiger charge is -2.12. The Hall–Kier alpha value is -3.38. The summed E-state index contributed by atoms with van der Waals surface area (Å²) in [6, 6.07) is 5.91. The quantitative estimate of drug-likeness (QED) is 0.330. The molecule has 2 rings (SSSR count). The third-order valence-electron chi connectivity index (χ3n) is 3.61. The van der Waals surface area contributed by atoms with Crippen molar-refractivity contribution in [2.24, 2.45) is 5.16 Å². The first-order valence-corrected chi connectivity index (χ1v) is 8.63. The van der Waals surface area contributed by atoms with Gasteiger partial charge in [0.1, 0.15) is 17.2 Å². The van der Waals surface area contributed by atoms with Gasteiger partial charge >= 0.3 is 12.1 Å². The van der Waals surface area contributed by atoms with Gasteiger partial charge in [-0.05, 0) is 30.3 Å². The van der Waals surface area contributed by atoms with Gasteiger partial charge in [0.15, 0.2) is 0 Å². The second-order valence-corrected chi connectivity index (χ2v) is 6.23. The first-order chi connectivity index (χ1) is 14.5. The number of benzene rings is 2.